The molecule has 9 heteroatoms. The van der Waals surface area contributed by atoms with Crippen molar-refractivity contribution in [1.29, 1.82) is 0 Å². The Hall–Kier alpha value is -3.62. The molecule has 0 atom stereocenters. The van der Waals surface area contributed by atoms with Gasteiger partial charge >= 0.3 is 6.18 Å². The topological polar surface area (TPSA) is 73.3 Å². The summed E-state index contributed by atoms with van der Waals surface area (Å²) < 4.78 is 48.5. The van der Waals surface area contributed by atoms with Gasteiger partial charge < -0.3 is 14.8 Å². The number of methoxy groups -OCH3 is 2. The smallest absolute Gasteiger partial charge is 0.416 e. The number of benzene rings is 2. The van der Waals surface area contributed by atoms with Crippen LogP contribution in [0.2, 0.25) is 0 Å². The van der Waals surface area contributed by atoms with Crippen molar-refractivity contribution in [2.45, 2.75) is 13.1 Å². The zero-order valence-electron chi connectivity index (χ0n) is 16.4. The summed E-state index contributed by atoms with van der Waals surface area (Å²) >= 11 is 0. The maximum absolute atomic E-state index is 12.7. The Morgan fingerprint density at radius 1 is 1.03 bits per heavy atom. The maximum atomic E-state index is 12.7. The Kier molecular flexibility index (Phi) is 5.91. The normalized spacial score (nSPS) is 11.1. The van der Waals surface area contributed by atoms with Gasteiger partial charge in [0.2, 0.25) is 0 Å². The number of nitrogens with one attached hydrogen (secondary N) is 1. The van der Waals surface area contributed by atoms with Crippen molar-refractivity contribution in [3.05, 3.63) is 65.5 Å². The third-order valence-electron chi connectivity index (χ3n) is 4.35. The van der Waals surface area contributed by atoms with Gasteiger partial charge in [0.25, 0.3) is 5.91 Å². The average Bonchev–Trinajstić information content (AvgIpc) is 2.73. The van der Waals surface area contributed by atoms with Crippen LogP contribution in [0.5, 0.6) is 11.5 Å². The minimum absolute atomic E-state index is 0.218. The van der Waals surface area contributed by atoms with Crippen LogP contribution in [-0.4, -0.2) is 30.1 Å². The monoisotopic (exact) mass is 417 g/mol. The van der Waals surface area contributed by atoms with E-state index >= 15 is 0 Å². The molecule has 2 aromatic carbocycles. The van der Waals surface area contributed by atoms with Crippen LogP contribution in [0.3, 0.4) is 0 Å². The second-order valence-corrected chi connectivity index (χ2v) is 6.29. The summed E-state index contributed by atoms with van der Waals surface area (Å²) in [7, 11) is 2.98. The van der Waals surface area contributed by atoms with E-state index < -0.39 is 17.6 Å². The molecule has 0 spiro atoms. The van der Waals surface area contributed by atoms with Crippen molar-refractivity contribution in [3.8, 4) is 22.9 Å². The Balaban J connectivity index is 1.84. The van der Waals surface area contributed by atoms with E-state index in [4.69, 9.17) is 9.47 Å². The fourth-order valence-corrected chi connectivity index (χ4v) is 2.74. The summed E-state index contributed by atoms with van der Waals surface area (Å²) in [6, 6.07) is 9.47. The third-order valence-corrected chi connectivity index (χ3v) is 4.35. The minimum atomic E-state index is -4.42. The van der Waals surface area contributed by atoms with E-state index in [0.717, 1.165) is 12.1 Å². The Morgan fingerprint density at radius 3 is 2.30 bits per heavy atom. The van der Waals surface area contributed by atoms with E-state index in [1.54, 1.807) is 25.1 Å². The molecule has 0 saturated heterocycles. The van der Waals surface area contributed by atoms with E-state index in [1.807, 2.05) is 0 Å². The van der Waals surface area contributed by atoms with Crippen LogP contribution in [0.4, 0.5) is 18.9 Å². The quantitative estimate of drug-likeness (QED) is 0.649. The second kappa shape index (κ2) is 8.40. The average molecular weight is 417 g/mol. The highest BCUT2D eigenvalue weighted by molar-refractivity contribution is 6.05. The van der Waals surface area contributed by atoms with Crippen LogP contribution >= 0.6 is 0 Å². The number of amides is 1. The lowest BCUT2D eigenvalue weighted by Crippen LogP contribution is -2.15. The molecule has 1 amide bonds. The number of hydrogen-bond donors (Lipinski definition) is 1. The number of ether oxygens (including phenoxy) is 2. The SMILES string of the molecule is COc1ccc(OC)c(NC(=O)c2cnc(-c3ccc(C(F)(F)F)cc3)nc2C)c1. The molecule has 0 radical (unpaired) electrons. The standard InChI is InChI=1S/C21H18F3N3O3/c1-12-16(20(28)27-17-10-15(29-2)8-9-18(17)30-3)11-25-19(26-12)13-4-6-14(7-5-13)21(22,23)24/h4-11H,1-3H3,(H,27,28). The van der Waals surface area contributed by atoms with Crippen molar-refractivity contribution >= 4 is 11.6 Å². The Bertz CT molecular complexity index is 1070. The molecule has 3 aromatic rings. The van der Waals surface area contributed by atoms with Gasteiger partial charge in [0.15, 0.2) is 5.82 Å². The first kappa shape index (κ1) is 21.1. The summed E-state index contributed by atoms with van der Waals surface area (Å²) in [5.41, 5.74) is 0.654. The molecular formula is C21H18F3N3O3. The fourth-order valence-electron chi connectivity index (χ4n) is 2.74. The van der Waals surface area contributed by atoms with Crippen LogP contribution in [0.15, 0.2) is 48.7 Å². The van der Waals surface area contributed by atoms with E-state index in [0.29, 0.717) is 28.4 Å². The number of nitrogens with zero attached hydrogens (tertiary/aromatic N) is 2. The van der Waals surface area contributed by atoms with Crippen molar-refractivity contribution in [2.24, 2.45) is 0 Å². The number of alkyl halides is 3. The molecule has 0 bridgehead atoms. The lowest BCUT2D eigenvalue weighted by atomic mass is 10.1. The molecule has 0 aliphatic carbocycles. The van der Waals surface area contributed by atoms with Gasteiger partial charge in [-0.2, -0.15) is 13.2 Å². The van der Waals surface area contributed by atoms with Crippen molar-refractivity contribution in [1.82, 2.24) is 9.97 Å². The summed E-state index contributed by atoms with van der Waals surface area (Å²) in [4.78, 5) is 21.1. The van der Waals surface area contributed by atoms with Crippen LogP contribution in [-0.2, 0) is 6.18 Å². The number of carbonyl (C=O) groups is 1. The van der Waals surface area contributed by atoms with Gasteiger partial charge in [-0.15, -0.1) is 0 Å². The number of halogens is 3. The lowest BCUT2D eigenvalue weighted by Gasteiger charge is -2.13. The van der Waals surface area contributed by atoms with Gasteiger partial charge in [0.1, 0.15) is 11.5 Å². The van der Waals surface area contributed by atoms with E-state index in [-0.39, 0.29) is 11.4 Å². The molecule has 0 fully saturated rings. The van der Waals surface area contributed by atoms with Crippen LogP contribution in [0, 0.1) is 6.92 Å². The van der Waals surface area contributed by atoms with Crippen molar-refractivity contribution < 1.29 is 27.4 Å². The van der Waals surface area contributed by atoms with E-state index in [2.05, 4.69) is 15.3 Å². The molecule has 0 aliphatic rings. The predicted octanol–water partition coefficient (Wildman–Crippen LogP) is 4.74. The first-order chi connectivity index (χ1) is 14.2. The highest BCUT2D eigenvalue weighted by Crippen LogP contribution is 2.31. The molecule has 1 aromatic heterocycles. The predicted molar refractivity (Wildman–Crippen MR) is 105 cm³/mol. The van der Waals surface area contributed by atoms with Gasteiger partial charge in [0, 0.05) is 17.8 Å². The highest BCUT2D eigenvalue weighted by Gasteiger charge is 2.30. The molecule has 3 rings (SSSR count). The van der Waals surface area contributed by atoms with Gasteiger partial charge in [-0.1, -0.05) is 12.1 Å². The van der Waals surface area contributed by atoms with Gasteiger partial charge in [-0.25, -0.2) is 9.97 Å². The summed E-state index contributed by atoms with van der Waals surface area (Å²) in [5.74, 6) is 0.746. The zero-order chi connectivity index (χ0) is 21.9. The van der Waals surface area contributed by atoms with E-state index in [1.165, 1.54) is 32.5 Å². The van der Waals surface area contributed by atoms with Crippen LogP contribution < -0.4 is 14.8 Å². The van der Waals surface area contributed by atoms with Gasteiger partial charge in [-0.05, 0) is 31.2 Å². The van der Waals surface area contributed by atoms with Crippen LogP contribution in [0.1, 0.15) is 21.6 Å². The van der Waals surface area contributed by atoms with Crippen molar-refractivity contribution in [3.63, 3.8) is 0 Å². The first-order valence-corrected chi connectivity index (χ1v) is 8.77. The summed E-state index contributed by atoms with van der Waals surface area (Å²) in [6.07, 6.45) is -3.09. The number of aryl methyl sites for hydroxylation is 1. The molecule has 6 nitrogen and oxygen atoms in total. The molecule has 0 aliphatic heterocycles. The molecule has 0 saturated carbocycles. The Morgan fingerprint density at radius 2 is 1.73 bits per heavy atom. The van der Waals surface area contributed by atoms with Crippen molar-refractivity contribution in [2.75, 3.05) is 19.5 Å². The minimum Gasteiger partial charge on any atom is -0.497 e. The number of anilines is 1. The number of carbonyl (C=O) groups excluding carboxylic acids is 1. The van der Waals surface area contributed by atoms with Gasteiger partial charge in [0.05, 0.1) is 36.7 Å². The molecule has 30 heavy (non-hydrogen) atoms. The number of aromatic nitrogens is 2. The first-order valence-electron chi connectivity index (χ1n) is 8.77. The summed E-state index contributed by atoms with van der Waals surface area (Å²) in [5, 5.41) is 2.73. The maximum Gasteiger partial charge on any atom is 0.416 e. The zero-order valence-corrected chi connectivity index (χ0v) is 16.4. The molecule has 156 valence electrons. The van der Waals surface area contributed by atoms with Gasteiger partial charge in [-0.3, -0.25) is 4.79 Å². The number of rotatable bonds is 5. The molecule has 0 unspecified atom stereocenters. The Labute approximate surface area is 170 Å². The number of hydrogen-bond acceptors (Lipinski definition) is 5. The molecular weight excluding hydrogens is 399 g/mol. The second-order valence-electron chi connectivity index (χ2n) is 6.29. The molecule has 1 N–H and O–H groups in total. The van der Waals surface area contributed by atoms with E-state index in [9.17, 15) is 18.0 Å². The third kappa shape index (κ3) is 4.51. The largest absolute Gasteiger partial charge is 0.497 e. The summed E-state index contributed by atoms with van der Waals surface area (Å²) in [6.45, 7) is 1.62. The fraction of sp³-hybridized carbons (Fsp3) is 0.190. The van der Waals surface area contributed by atoms with Crippen LogP contribution in [0.25, 0.3) is 11.4 Å². The highest BCUT2D eigenvalue weighted by atomic mass is 19.4. The lowest BCUT2D eigenvalue weighted by molar-refractivity contribution is -0.137. The molecule has 1 heterocycles.